The molecule has 32 heavy (non-hydrogen) atoms. The van der Waals surface area contributed by atoms with Crippen LogP contribution in [-0.2, 0) is 0 Å². The van der Waals surface area contributed by atoms with Gasteiger partial charge in [-0.25, -0.2) is 4.79 Å². The van der Waals surface area contributed by atoms with Gasteiger partial charge >= 0.3 is 6.03 Å². The zero-order valence-electron chi connectivity index (χ0n) is 19.2. The molecule has 4 bridgehead atoms. The van der Waals surface area contributed by atoms with Gasteiger partial charge in [-0.15, -0.1) is 0 Å². The molecule has 0 aliphatic heterocycles. The maximum atomic E-state index is 13.0. The summed E-state index contributed by atoms with van der Waals surface area (Å²) in [5, 5.41) is 17.5. The Hall–Kier alpha value is -2.31. The van der Waals surface area contributed by atoms with E-state index in [1.165, 1.54) is 31.4 Å². The fourth-order valence-electron chi connectivity index (χ4n) is 8.21. The summed E-state index contributed by atoms with van der Waals surface area (Å²) in [5.41, 5.74) is 0.811. The average molecular weight is 442 g/mol. The Morgan fingerprint density at radius 1 is 1.00 bits per heavy atom. The second-order valence-corrected chi connectivity index (χ2v) is 11.9. The van der Waals surface area contributed by atoms with E-state index in [9.17, 15) is 14.9 Å². The fourth-order valence-corrected chi connectivity index (χ4v) is 8.21. The summed E-state index contributed by atoms with van der Waals surface area (Å²) in [6, 6.07) is 6.42. The van der Waals surface area contributed by atoms with Gasteiger partial charge in [-0.2, -0.15) is 0 Å². The molecule has 5 fully saturated rings. The van der Waals surface area contributed by atoms with Crippen LogP contribution in [0, 0.1) is 26.9 Å². The molecular weight excluding hydrogens is 406 g/mol. The maximum absolute atomic E-state index is 13.0. The lowest BCUT2D eigenvalue weighted by Crippen LogP contribution is -2.66. The van der Waals surface area contributed by atoms with Crippen LogP contribution in [0.2, 0.25) is 0 Å². The highest BCUT2D eigenvalue weighted by molar-refractivity contribution is 5.75. The highest BCUT2D eigenvalue weighted by Crippen LogP contribution is 2.66. The lowest BCUT2D eigenvalue weighted by atomic mass is 9.43. The summed E-state index contributed by atoms with van der Waals surface area (Å²) < 4.78 is 6.01. The van der Waals surface area contributed by atoms with Crippen LogP contribution >= 0.6 is 0 Å². The van der Waals surface area contributed by atoms with Gasteiger partial charge in [-0.3, -0.25) is 10.1 Å². The molecular formula is C25H35N3O4. The highest BCUT2D eigenvalue weighted by atomic mass is 16.6. The Balaban J connectivity index is 1.11. The lowest BCUT2D eigenvalue weighted by Gasteiger charge is -2.65. The third-order valence-electron chi connectivity index (χ3n) is 8.36. The quantitative estimate of drug-likeness (QED) is 0.477. The minimum Gasteiger partial charge on any atom is -0.490 e. The number of benzene rings is 1. The van der Waals surface area contributed by atoms with Crippen molar-refractivity contribution in [3.8, 4) is 5.75 Å². The van der Waals surface area contributed by atoms with Gasteiger partial charge < -0.3 is 15.4 Å². The maximum Gasteiger partial charge on any atom is 0.315 e. The molecule has 6 rings (SSSR count). The van der Waals surface area contributed by atoms with E-state index >= 15 is 0 Å². The summed E-state index contributed by atoms with van der Waals surface area (Å²) in [6.07, 6.45) is 10.9. The van der Waals surface area contributed by atoms with Crippen LogP contribution in [0.3, 0.4) is 0 Å². The molecule has 0 radical (unpaired) electrons. The van der Waals surface area contributed by atoms with E-state index in [-0.39, 0.29) is 29.4 Å². The highest BCUT2D eigenvalue weighted by Gasteiger charge is 2.60. The van der Waals surface area contributed by atoms with E-state index in [1.807, 2.05) is 0 Å². The summed E-state index contributed by atoms with van der Waals surface area (Å²) in [5.74, 6) is 1.42. The molecule has 1 aromatic rings. The van der Waals surface area contributed by atoms with Crippen LogP contribution in [0.5, 0.6) is 5.75 Å². The molecule has 2 N–H and O–H groups in total. The SMILES string of the molecule is C[C@]12CC3CC(NC(=O)NC4CCC(Oc5ccc([N+](=O)[O-])cc5)CC4)(C1)C[C@@](C)(C3)C2. The summed E-state index contributed by atoms with van der Waals surface area (Å²) in [4.78, 5) is 23.3. The van der Waals surface area contributed by atoms with Gasteiger partial charge in [0.15, 0.2) is 0 Å². The van der Waals surface area contributed by atoms with Crippen molar-refractivity contribution in [1.29, 1.82) is 0 Å². The van der Waals surface area contributed by atoms with Gasteiger partial charge in [-0.1, -0.05) is 13.8 Å². The molecule has 5 saturated carbocycles. The first-order valence-electron chi connectivity index (χ1n) is 12.1. The number of carbonyl (C=O) groups is 1. The number of nitrogens with one attached hydrogen (secondary N) is 2. The Kier molecular flexibility index (Phi) is 5.13. The first-order valence-corrected chi connectivity index (χ1v) is 12.1. The van der Waals surface area contributed by atoms with Crippen LogP contribution in [-0.4, -0.2) is 28.6 Å². The molecule has 2 unspecified atom stereocenters. The van der Waals surface area contributed by atoms with Gasteiger partial charge in [0.2, 0.25) is 0 Å². The molecule has 0 spiro atoms. The number of amides is 2. The minimum atomic E-state index is -0.407. The number of non-ortho nitro benzene ring substituents is 1. The second kappa shape index (κ2) is 7.63. The first kappa shape index (κ1) is 21.5. The van der Waals surface area contributed by atoms with Crippen molar-refractivity contribution in [2.45, 2.75) is 95.7 Å². The molecule has 4 atom stereocenters. The molecule has 0 aromatic heterocycles. The van der Waals surface area contributed by atoms with Gasteiger partial charge in [0.25, 0.3) is 5.69 Å². The van der Waals surface area contributed by atoms with E-state index in [4.69, 9.17) is 4.74 Å². The minimum absolute atomic E-state index is 0.00103. The molecule has 174 valence electrons. The monoisotopic (exact) mass is 441 g/mol. The predicted octanol–water partition coefficient (Wildman–Crippen LogP) is 5.33. The van der Waals surface area contributed by atoms with E-state index in [2.05, 4.69) is 24.5 Å². The number of nitro groups is 1. The zero-order valence-corrected chi connectivity index (χ0v) is 19.2. The van der Waals surface area contributed by atoms with E-state index in [1.54, 1.807) is 12.1 Å². The standard InChI is InChI=1S/C25H35N3O4/c1-23-11-17-12-24(2,14-23)16-25(13-17,15-23)27-22(29)26-18-3-7-20(8-4-18)32-21-9-5-19(6-10-21)28(30)31/h5-6,9-10,17-18,20H,3-4,7-8,11-16H2,1-2H3,(H2,26,27,29)/t17?,18?,20?,23-,24+,25?. The average Bonchev–Trinajstić information content (AvgIpc) is 2.66. The lowest BCUT2D eigenvalue weighted by molar-refractivity contribution is -0.384. The largest absolute Gasteiger partial charge is 0.490 e. The van der Waals surface area contributed by atoms with Crippen molar-refractivity contribution in [2.75, 3.05) is 0 Å². The van der Waals surface area contributed by atoms with Crippen molar-refractivity contribution < 1.29 is 14.5 Å². The molecule has 5 aliphatic carbocycles. The number of nitro benzene ring substituents is 1. The Morgan fingerprint density at radius 2 is 1.62 bits per heavy atom. The number of rotatable bonds is 5. The van der Waals surface area contributed by atoms with Crippen LogP contribution < -0.4 is 15.4 Å². The molecule has 2 amide bonds. The number of hydrogen-bond donors (Lipinski definition) is 2. The fraction of sp³-hybridized carbons (Fsp3) is 0.720. The van der Waals surface area contributed by atoms with Crippen LogP contribution in [0.25, 0.3) is 0 Å². The Morgan fingerprint density at radius 3 is 2.19 bits per heavy atom. The van der Waals surface area contributed by atoms with Crippen LogP contribution in [0.15, 0.2) is 24.3 Å². The van der Waals surface area contributed by atoms with Gasteiger partial charge in [0.05, 0.1) is 11.0 Å². The number of carbonyl (C=O) groups excluding carboxylic acids is 1. The van der Waals surface area contributed by atoms with Gasteiger partial charge in [0.1, 0.15) is 5.75 Å². The molecule has 1 aromatic carbocycles. The van der Waals surface area contributed by atoms with Crippen LogP contribution in [0.4, 0.5) is 10.5 Å². The van der Waals surface area contributed by atoms with Crippen molar-refractivity contribution >= 4 is 11.7 Å². The second-order valence-electron chi connectivity index (χ2n) is 11.9. The van der Waals surface area contributed by atoms with E-state index in [0.717, 1.165) is 50.9 Å². The zero-order chi connectivity index (χ0) is 22.6. The van der Waals surface area contributed by atoms with Crippen molar-refractivity contribution in [2.24, 2.45) is 16.7 Å². The number of nitrogens with zero attached hydrogens (tertiary/aromatic N) is 1. The smallest absolute Gasteiger partial charge is 0.315 e. The molecule has 7 heteroatoms. The van der Waals surface area contributed by atoms with E-state index < -0.39 is 4.92 Å². The topological polar surface area (TPSA) is 93.5 Å². The molecule has 0 saturated heterocycles. The Bertz CT molecular complexity index is 875. The van der Waals surface area contributed by atoms with Crippen molar-refractivity contribution in [3.05, 3.63) is 34.4 Å². The third kappa shape index (κ3) is 4.30. The number of hydrogen-bond acceptors (Lipinski definition) is 4. The number of ether oxygens (including phenoxy) is 1. The molecule has 7 nitrogen and oxygen atoms in total. The normalized spacial score (nSPS) is 40.0. The molecule has 5 aliphatic rings. The first-order chi connectivity index (χ1) is 15.1. The molecule has 0 heterocycles. The number of urea groups is 1. The van der Waals surface area contributed by atoms with E-state index in [0.29, 0.717) is 16.6 Å². The van der Waals surface area contributed by atoms with Gasteiger partial charge in [0, 0.05) is 23.7 Å². The van der Waals surface area contributed by atoms with Crippen molar-refractivity contribution in [3.63, 3.8) is 0 Å². The summed E-state index contributed by atoms with van der Waals surface area (Å²) in [6.45, 7) is 4.85. The summed E-state index contributed by atoms with van der Waals surface area (Å²) in [7, 11) is 0. The van der Waals surface area contributed by atoms with Crippen molar-refractivity contribution in [1.82, 2.24) is 10.6 Å². The summed E-state index contributed by atoms with van der Waals surface area (Å²) >= 11 is 0. The predicted molar refractivity (Wildman–Crippen MR) is 122 cm³/mol. The van der Waals surface area contributed by atoms with Crippen LogP contribution in [0.1, 0.15) is 78.1 Å². The third-order valence-corrected chi connectivity index (χ3v) is 8.36. The Labute approximate surface area is 189 Å². The van der Waals surface area contributed by atoms with Gasteiger partial charge in [-0.05, 0) is 93.1 Å².